The first kappa shape index (κ1) is 10.0. The molecule has 0 amide bonds. The van der Waals surface area contributed by atoms with Crippen molar-refractivity contribution in [1.29, 1.82) is 0 Å². The van der Waals surface area contributed by atoms with Crippen molar-refractivity contribution in [3.8, 4) is 0 Å². The van der Waals surface area contributed by atoms with Gasteiger partial charge in [0.1, 0.15) is 5.82 Å². The van der Waals surface area contributed by atoms with E-state index in [0.717, 1.165) is 11.8 Å². The van der Waals surface area contributed by atoms with Crippen molar-refractivity contribution in [2.24, 2.45) is 0 Å². The minimum absolute atomic E-state index is 0.320. The zero-order valence-electron chi connectivity index (χ0n) is 21.2. The van der Waals surface area contributed by atoms with E-state index >= 15 is 0 Å². The van der Waals surface area contributed by atoms with Crippen molar-refractivity contribution in [3.05, 3.63) is 35.1 Å². The SMILES string of the molecule is [2H]C([2H])([2H])C1(C)OC(C)(C)C([2H])([2H])N(Cc2ccc(C(C)(C)C)c(F)c2)C1([2H])[2H]. The number of rotatable bonds is 2. The molecule has 1 aromatic carbocycles. The Bertz CT molecular complexity index is 786. The molecule has 1 heterocycles. The number of nitrogens with zero attached hydrogens (tertiary/aromatic N) is 1. The minimum Gasteiger partial charge on any atom is -0.367 e. The van der Waals surface area contributed by atoms with Crippen molar-refractivity contribution in [1.82, 2.24) is 4.90 Å². The number of morpholine rings is 1. The smallest absolute Gasteiger partial charge is 0.127 e. The van der Waals surface area contributed by atoms with Gasteiger partial charge in [0.25, 0.3) is 0 Å². The Labute approximate surface area is 144 Å². The Kier molecular flexibility index (Phi) is 2.56. The highest BCUT2D eigenvalue weighted by Crippen LogP contribution is 2.30. The quantitative estimate of drug-likeness (QED) is 0.796. The van der Waals surface area contributed by atoms with Gasteiger partial charge in [0.05, 0.1) is 11.2 Å². The summed E-state index contributed by atoms with van der Waals surface area (Å²) in [7, 11) is 0. The topological polar surface area (TPSA) is 12.5 Å². The van der Waals surface area contributed by atoms with E-state index in [1.165, 1.54) is 19.9 Å². The Balaban J connectivity index is 2.58. The fourth-order valence-electron chi connectivity index (χ4n) is 2.69. The third-order valence-electron chi connectivity index (χ3n) is 3.39. The summed E-state index contributed by atoms with van der Waals surface area (Å²) in [5.74, 6) is -0.470. The molecule has 124 valence electrons. The normalized spacial score (nSPS) is 36.0. The van der Waals surface area contributed by atoms with Crippen molar-refractivity contribution in [3.63, 3.8) is 0 Å². The second-order valence-electron chi connectivity index (χ2n) is 7.52. The molecule has 2 nitrogen and oxygen atoms in total. The maximum Gasteiger partial charge on any atom is 0.127 e. The Morgan fingerprint density at radius 1 is 1.27 bits per heavy atom. The molecule has 22 heavy (non-hydrogen) atoms. The van der Waals surface area contributed by atoms with E-state index in [9.17, 15) is 4.39 Å². The van der Waals surface area contributed by atoms with Gasteiger partial charge in [-0.3, -0.25) is 4.90 Å². The third-order valence-corrected chi connectivity index (χ3v) is 3.39. The van der Waals surface area contributed by atoms with Crippen molar-refractivity contribution >= 4 is 0 Å². The lowest BCUT2D eigenvalue weighted by atomic mass is 9.86. The lowest BCUT2D eigenvalue weighted by molar-refractivity contribution is -0.182. The molecule has 0 saturated carbocycles. The Morgan fingerprint density at radius 3 is 2.45 bits per heavy atom. The fourth-order valence-corrected chi connectivity index (χ4v) is 2.69. The molecule has 0 N–H and O–H groups in total. The molecular formula is C19H30FNO. The Morgan fingerprint density at radius 2 is 1.91 bits per heavy atom. The van der Waals surface area contributed by atoms with Crippen LogP contribution in [-0.2, 0) is 16.7 Å². The predicted octanol–water partition coefficient (Wildman–Crippen LogP) is 4.51. The highest BCUT2D eigenvalue weighted by atomic mass is 19.1. The number of hydrogen-bond acceptors (Lipinski definition) is 2. The van der Waals surface area contributed by atoms with Crippen LogP contribution in [-0.4, -0.2) is 29.1 Å². The van der Waals surface area contributed by atoms with Crippen LogP contribution >= 0.6 is 0 Å². The highest BCUT2D eigenvalue weighted by molar-refractivity contribution is 5.29. The van der Waals surface area contributed by atoms with Crippen LogP contribution in [0, 0.1) is 5.82 Å². The van der Waals surface area contributed by atoms with Crippen LogP contribution in [0.3, 0.4) is 0 Å². The van der Waals surface area contributed by atoms with Crippen LogP contribution in [0.4, 0.5) is 4.39 Å². The largest absolute Gasteiger partial charge is 0.367 e. The van der Waals surface area contributed by atoms with Gasteiger partial charge in [-0.1, -0.05) is 32.9 Å². The van der Waals surface area contributed by atoms with E-state index in [4.69, 9.17) is 14.3 Å². The molecule has 1 aliphatic rings. The second kappa shape index (κ2) is 5.61. The maximum atomic E-state index is 14.7. The van der Waals surface area contributed by atoms with E-state index in [2.05, 4.69) is 0 Å². The van der Waals surface area contributed by atoms with E-state index in [1.807, 2.05) is 20.8 Å². The summed E-state index contributed by atoms with van der Waals surface area (Å²) < 4.78 is 77.9. The van der Waals surface area contributed by atoms with Crippen LogP contribution < -0.4 is 0 Å². The molecule has 0 aromatic heterocycles. The first-order chi connectivity index (χ1) is 12.7. The average Bonchev–Trinajstić information content (AvgIpc) is 2.48. The van der Waals surface area contributed by atoms with Gasteiger partial charge in [-0.05, 0) is 50.2 Å². The minimum atomic E-state index is -2.86. The first-order valence-corrected chi connectivity index (χ1v) is 7.45. The summed E-state index contributed by atoms with van der Waals surface area (Å²) in [6.07, 6.45) is 0. The molecule has 1 fully saturated rings. The molecule has 0 spiro atoms. The third kappa shape index (κ3) is 4.30. The van der Waals surface area contributed by atoms with Crippen LogP contribution in [0.5, 0.6) is 0 Å². The van der Waals surface area contributed by atoms with Gasteiger partial charge < -0.3 is 4.74 Å². The molecule has 2 rings (SSSR count). The Hall–Kier alpha value is -0.930. The summed E-state index contributed by atoms with van der Waals surface area (Å²) in [6, 6.07) is 4.47. The number of benzene rings is 1. The lowest BCUT2D eigenvalue weighted by Crippen LogP contribution is -2.56. The molecule has 1 atom stereocenters. The maximum absolute atomic E-state index is 14.7. The van der Waals surface area contributed by atoms with Gasteiger partial charge in [0, 0.05) is 29.1 Å². The number of ether oxygens (including phenoxy) is 1. The van der Waals surface area contributed by atoms with Crippen molar-refractivity contribution in [2.45, 2.75) is 71.6 Å². The number of hydrogen-bond donors (Lipinski definition) is 0. The molecule has 1 unspecified atom stereocenters. The van der Waals surface area contributed by atoms with Gasteiger partial charge in [0.15, 0.2) is 0 Å². The fraction of sp³-hybridized carbons (Fsp3) is 0.684. The monoisotopic (exact) mass is 314 g/mol. The van der Waals surface area contributed by atoms with Crippen LogP contribution in [0.2, 0.25) is 0 Å². The molecular weight excluding hydrogens is 277 g/mol. The van der Waals surface area contributed by atoms with E-state index in [1.54, 1.807) is 12.1 Å². The first-order valence-electron chi connectivity index (χ1n) is 11.0. The summed E-state index contributed by atoms with van der Waals surface area (Å²) >= 11 is 0. The van der Waals surface area contributed by atoms with E-state index in [0.29, 0.717) is 11.1 Å². The molecule has 1 aromatic rings. The molecule has 0 radical (unpaired) electrons. The summed E-state index contributed by atoms with van der Waals surface area (Å²) in [5.41, 5.74) is -3.52. The summed E-state index contributed by atoms with van der Waals surface area (Å²) in [6.45, 7) is 1.29. The lowest BCUT2D eigenvalue weighted by Gasteiger charge is -2.47. The summed E-state index contributed by atoms with van der Waals surface area (Å²) in [5, 5.41) is 0. The molecule has 1 aliphatic heterocycles. The van der Waals surface area contributed by atoms with Gasteiger partial charge in [-0.15, -0.1) is 0 Å². The summed E-state index contributed by atoms with van der Waals surface area (Å²) in [4.78, 5) is 0.835. The van der Waals surface area contributed by atoms with Gasteiger partial charge in [0.2, 0.25) is 0 Å². The molecule has 0 bridgehead atoms. The van der Waals surface area contributed by atoms with Gasteiger partial charge in [-0.25, -0.2) is 4.39 Å². The predicted molar refractivity (Wildman–Crippen MR) is 89.6 cm³/mol. The molecule has 1 saturated heterocycles. The molecule has 3 heteroatoms. The zero-order chi connectivity index (χ0) is 22.8. The highest BCUT2D eigenvalue weighted by Gasteiger charge is 2.37. The van der Waals surface area contributed by atoms with E-state index < -0.39 is 42.3 Å². The molecule has 0 aliphatic carbocycles. The van der Waals surface area contributed by atoms with Gasteiger partial charge in [-0.2, -0.15) is 0 Å². The number of halogens is 1. The van der Waals surface area contributed by atoms with Crippen LogP contribution in [0.15, 0.2) is 18.2 Å². The van der Waals surface area contributed by atoms with Gasteiger partial charge >= 0.3 is 0 Å². The zero-order valence-corrected chi connectivity index (χ0v) is 14.2. The second-order valence-corrected chi connectivity index (χ2v) is 7.52. The van der Waals surface area contributed by atoms with Crippen LogP contribution in [0.1, 0.15) is 69.1 Å². The average molecular weight is 314 g/mol. The van der Waals surface area contributed by atoms with Crippen molar-refractivity contribution in [2.75, 3.05) is 13.0 Å². The van der Waals surface area contributed by atoms with E-state index in [-0.39, 0.29) is 6.54 Å². The van der Waals surface area contributed by atoms with Crippen LogP contribution in [0.25, 0.3) is 0 Å². The standard InChI is InChI=1S/C19H30FNO/c1-17(2,3)15-9-8-14(10-16(15)20)11-21-12-18(4,5)22-19(6,7)13-21/h8-10H,11-13H2,1-7H3/i4D3,12D2,13D2. The van der Waals surface area contributed by atoms with Crippen molar-refractivity contribution < 1.29 is 18.7 Å².